The van der Waals surface area contributed by atoms with Crippen LogP contribution in [0.5, 0.6) is 0 Å². The van der Waals surface area contributed by atoms with Crippen molar-refractivity contribution < 1.29 is 9.59 Å². The van der Waals surface area contributed by atoms with Crippen molar-refractivity contribution in [1.82, 2.24) is 24.9 Å². The average Bonchev–Trinajstić information content (AvgIpc) is 3.42. The van der Waals surface area contributed by atoms with Gasteiger partial charge in [-0.3, -0.25) is 24.1 Å². The summed E-state index contributed by atoms with van der Waals surface area (Å²) in [5, 5.41) is 10.1. The Kier molecular flexibility index (Phi) is 5.96. The molecule has 1 aliphatic carbocycles. The van der Waals surface area contributed by atoms with Crippen LogP contribution in [-0.2, 0) is 16.6 Å². The molecule has 2 N–H and O–H groups in total. The lowest BCUT2D eigenvalue weighted by atomic mass is 9.93. The molecule has 0 aromatic carbocycles. The van der Waals surface area contributed by atoms with Gasteiger partial charge in [-0.05, 0) is 45.1 Å². The van der Waals surface area contributed by atoms with Crippen LogP contribution < -0.4 is 10.6 Å². The summed E-state index contributed by atoms with van der Waals surface area (Å²) in [6, 6.07) is 0.984. The summed E-state index contributed by atoms with van der Waals surface area (Å²) in [6.07, 6.45) is 10.0. The van der Waals surface area contributed by atoms with E-state index in [1.165, 1.54) is 0 Å². The molecule has 2 amide bonds. The number of aromatic nitrogens is 2. The first kappa shape index (κ1) is 19.4. The molecule has 1 aromatic rings. The van der Waals surface area contributed by atoms with Crippen molar-refractivity contribution in [2.45, 2.75) is 50.6 Å². The van der Waals surface area contributed by atoms with E-state index in [4.69, 9.17) is 0 Å². The van der Waals surface area contributed by atoms with Crippen molar-refractivity contribution in [2.24, 2.45) is 13.0 Å². The molecule has 1 saturated carbocycles. The van der Waals surface area contributed by atoms with Crippen LogP contribution in [0.4, 0.5) is 5.69 Å². The third-order valence-corrected chi connectivity index (χ3v) is 6.18. The molecule has 8 heteroatoms. The number of carbonyl (C=O) groups excluding carboxylic acids is 2. The molecule has 3 aliphatic rings. The van der Waals surface area contributed by atoms with Gasteiger partial charge in [0.1, 0.15) is 0 Å². The van der Waals surface area contributed by atoms with Gasteiger partial charge in [0.05, 0.1) is 24.3 Å². The van der Waals surface area contributed by atoms with Crippen molar-refractivity contribution in [3.05, 3.63) is 12.4 Å². The van der Waals surface area contributed by atoms with Crippen molar-refractivity contribution in [1.29, 1.82) is 0 Å². The van der Waals surface area contributed by atoms with E-state index >= 15 is 0 Å². The zero-order valence-electron chi connectivity index (χ0n) is 16.8. The highest BCUT2D eigenvalue weighted by atomic mass is 16.2. The molecule has 4 rings (SSSR count). The van der Waals surface area contributed by atoms with Crippen LogP contribution in [0.15, 0.2) is 12.4 Å². The normalized spacial score (nSPS) is 24.8. The van der Waals surface area contributed by atoms with E-state index in [9.17, 15) is 9.59 Å². The lowest BCUT2D eigenvalue weighted by Crippen LogP contribution is -2.51. The molecular formula is C20H32N6O2. The number of nitrogens with zero attached hydrogens (tertiary/aromatic N) is 4. The SMILES string of the molecule is Cn1cc(NC(=O)CN2CCC(N3CCC[C@@H](C(=O)NC4CC4)C3)CC2)cn1. The second-order valence-corrected chi connectivity index (χ2v) is 8.58. The monoisotopic (exact) mass is 388 g/mol. The minimum atomic E-state index is 0.0150. The molecule has 3 heterocycles. The Hall–Kier alpha value is -1.93. The number of rotatable bonds is 6. The van der Waals surface area contributed by atoms with Crippen LogP contribution in [-0.4, -0.2) is 76.2 Å². The minimum Gasteiger partial charge on any atom is -0.353 e. The molecule has 0 unspecified atom stereocenters. The fourth-order valence-electron chi connectivity index (χ4n) is 4.43. The number of piperidine rings is 2. The lowest BCUT2D eigenvalue weighted by molar-refractivity contribution is -0.127. The predicted octanol–water partition coefficient (Wildman–Crippen LogP) is 0.814. The highest BCUT2D eigenvalue weighted by Crippen LogP contribution is 2.25. The second-order valence-electron chi connectivity index (χ2n) is 8.58. The summed E-state index contributed by atoms with van der Waals surface area (Å²) < 4.78 is 1.68. The quantitative estimate of drug-likeness (QED) is 0.754. The van der Waals surface area contributed by atoms with Crippen LogP contribution in [0.2, 0.25) is 0 Å². The van der Waals surface area contributed by atoms with Gasteiger partial charge in [0.25, 0.3) is 0 Å². The van der Waals surface area contributed by atoms with E-state index in [1.54, 1.807) is 17.1 Å². The van der Waals surface area contributed by atoms with Gasteiger partial charge in [-0.2, -0.15) is 5.10 Å². The maximum atomic E-state index is 12.4. The van der Waals surface area contributed by atoms with Crippen LogP contribution in [0.25, 0.3) is 0 Å². The molecule has 1 atom stereocenters. The summed E-state index contributed by atoms with van der Waals surface area (Å²) in [5.74, 6) is 0.426. The standard InChI is InChI=1S/C20H32N6O2/c1-24-13-17(11-21-24)22-19(27)14-25-9-6-18(7-10-25)26-8-2-3-15(12-26)20(28)23-16-4-5-16/h11,13,15-16,18H,2-10,12,14H2,1H3,(H,22,27)(H,23,28)/t15-/m1/s1. The molecule has 1 aromatic heterocycles. The maximum Gasteiger partial charge on any atom is 0.238 e. The first-order chi connectivity index (χ1) is 13.6. The molecule has 3 fully saturated rings. The van der Waals surface area contributed by atoms with E-state index in [-0.39, 0.29) is 17.7 Å². The Bertz CT molecular complexity index is 693. The van der Waals surface area contributed by atoms with Crippen molar-refractivity contribution in [3.63, 3.8) is 0 Å². The summed E-state index contributed by atoms with van der Waals surface area (Å²) >= 11 is 0. The van der Waals surface area contributed by atoms with E-state index in [2.05, 4.69) is 25.5 Å². The number of likely N-dealkylation sites (tertiary alicyclic amines) is 2. The Morgan fingerprint density at radius 1 is 1.14 bits per heavy atom. The van der Waals surface area contributed by atoms with Crippen molar-refractivity contribution >= 4 is 17.5 Å². The van der Waals surface area contributed by atoms with Gasteiger partial charge in [0.15, 0.2) is 0 Å². The summed E-state index contributed by atoms with van der Waals surface area (Å²) in [6.45, 7) is 4.28. The highest BCUT2D eigenvalue weighted by Gasteiger charge is 2.33. The van der Waals surface area contributed by atoms with Crippen LogP contribution in [0.3, 0.4) is 0 Å². The zero-order chi connectivity index (χ0) is 19.5. The topological polar surface area (TPSA) is 82.5 Å². The van der Waals surface area contributed by atoms with Crippen LogP contribution in [0.1, 0.15) is 38.5 Å². The molecule has 28 heavy (non-hydrogen) atoms. The number of carbonyl (C=O) groups is 2. The third kappa shape index (κ3) is 5.11. The van der Waals surface area contributed by atoms with Gasteiger partial charge in [-0.15, -0.1) is 0 Å². The molecule has 0 radical (unpaired) electrons. The number of anilines is 1. The largest absolute Gasteiger partial charge is 0.353 e. The average molecular weight is 389 g/mol. The Morgan fingerprint density at radius 2 is 1.93 bits per heavy atom. The van der Waals surface area contributed by atoms with E-state index in [0.29, 0.717) is 18.6 Å². The Labute approximate surface area is 166 Å². The highest BCUT2D eigenvalue weighted by molar-refractivity contribution is 5.91. The Balaban J connectivity index is 1.20. The fraction of sp³-hybridized carbons (Fsp3) is 0.750. The smallest absolute Gasteiger partial charge is 0.238 e. The second kappa shape index (κ2) is 8.61. The lowest BCUT2D eigenvalue weighted by Gasteiger charge is -2.41. The molecular weight excluding hydrogens is 356 g/mol. The zero-order valence-corrected chi connectivity index (χ0v) is 16.8. The molecule has 2 saturated heterocycles. The third-order valence-electron chi connectivity index (χ3n) is 6.18. The number of aryl methyl sites for hydroxylation is 1. The predicted molar refractivity (Wildman–Crippen MR) is 107 cm³/mol. The fourth-order valence-corrected chi connectivity index (χ4v) is 4.43. The molecule has 0 spiro atoms. The maximum absolute atomic E-state index is 12.4. The van der Waals surface area contributed by atoms with Gasteiger partial charge >= 0.3 is 0 Å². The van der Waals surface area contributed by atoms with Crippen molar-refractivity contribution in [3.8, 4) is 0 Å². The minimum absolute atomic E-state index is 0.0150. The molecule has 154 valence electrons. The first-order valence-electron chi connectivity index (χ1n) is 10.6. The summed E-state index contributed by atoms with van der Waals surface area (Å²) in [4.78, 5) is 29.4. The summed E-state index contributed by atoms with van der Waals surface area (Å²) in [7, 11) is 1.83. The van der Waals surface area contributed by atoms with E-state index in [1.807, 2.05) is 7.05 Å². The van der Waals surface area contributed by atoms with Gasteiger partial charge in [-0.1, -0.05) is 0 Å². The van der Waals surface area contributed by atoms with E-state index in [0.717, 1.165) is 70.4 Å². The van der Waals surface area contributed by atoms with Crippen LogP contribution >= 0.6 is 0 Å². The van der Waals surface area contributed by atoms with Gasteiger partial charge in [0.2, 0.25) is 11.8 Å². The number of amides is 2. The number of nitrogens with one attached hydrogen (secondary N) is 2. The van der Waals surface area contributed by atoms with Gasteiger partial charge in [0, 0.05) is 45.0 Å². The molecule has 2 aliphatic heterocycles. The number of hydrogen-bond donors (Lipinski definition) is 2. The Morgan fingerprint density at radius 3 is 2.61 bits per heavy atom. The van der Waals surface area contributed by atoms with Gasteiger partial charge in [-0.25, -0.2) is 0 Å². The van der Waals surface area contributed by atoms with E-state index < -0.39 is 0 Å². The molecule has 0 bridgehead atoms. The molecule has 8 nitrogen and oxygen atoms in total. The first-order valence-corrected chi connectivity index (χ1v) is 10.6. The summed E-state index contributed by atoms with van der Waals surface area (Å²) in [5.41, 5.74) is 0.742. The number of hydrogen-bond acceptors (Lipinski definition) is 5. The van der Waals surface area contributed by atoms with Crippen LogP contribution in [0, 0.1) is 5.92 Å². The van der Waals surface area contributed by atoms with Crippen molar-refractivity contribution in [2.75, 3.05) is 38.0 Å². The van der Waals surface area contributed by atoms with Gasteiger partial charge < -0.3 is 10.6 Å².